The Morgan fingerprint density at radius 1 is 1.21 bits per heavy atom. The van der Waals surface area contributed by atoms with Crippen LogP contribution in [-0.2, 0) is 15.8 Å². The van der Waals surface area contributed by atoms with Crippen LogP contribution in [0.5, 0.6) is 11.5 Å². The lowest BCUT2D eigenvalue weighted by Crippen LogP contribution is -2.20. The number of thiophene rings is 1. The fourth-order valence-corrected chi connectivity index (χ4v) is 6.44. The van der Waals surface area contributed by atoms with E-state index in [1.807, 2.05) is 19.9 Å². The molecule has 0 saturated heterocycles. The maximum Gasteiger partial charge on any atom is 0.213 e. The quantitative estimate of drug-likeness (QED) is 0.253. The fourth-order valence-electron chi connectivity index (χ4n) is 2.84. The van der Waals surface area contributed by atoms with Gasteiger partial charge in [-0.15, -0.1) is 11.3 Å². The highest BCUT2D eigenvalue weighted by molar-refractivity contribution is 7.86. The molecular formula is C22H21Cl2N3O4S3. The summed E-state index contributed by atoms with van der Waals surface area (Å²) in [6, 6.07) is 12.1. The predicted octanol–water partition coefficient (Wildman–Crippen LogP) is 6.49. The molecule has 2 aromatic heterocycles. The standard InChI is InChI=1S/C14H16ClNO3S2.C8H5ClN2OS/c1-4-19-12-6-5-10(7-11(12)17)16(3)21(18)13-8-14(15)20-9(13)2;9-5-1-2-7-6(3-5)11-8(13-7)10-4-12/h5-8,17H,4H2,1-3H3;1-4H,(H,10,11,12). The van der Waals surface area contributed by atoms with E-state index in [1.54, 1.807) is 41.7 Å². The average Bonchev–Trinajstić information content (AvgIpc) is 3.35. The maximum atomic E-state index is 12.6. The number of hydrogen-bond donors (Lipinski definition) is 2. The van der Waals surface area contributed by atoms with Crippen LogP contribution in [0.1, 0.15) is 11.8 Å². The van der Waals surface area contributed by atoms with Gasteiger partial charge in [0, 0.05) is 23.0 Å². The smallest absolute Gasteiger partial charge is 0.213 e. The van der Waals surface area contributed by atoms with E-state index in [0.29, 0.717) is 43.8 Å². The number of aryl methyl sites for hydroxylation is 1. The predicted molar refractivity (Wildman–Crippen MR) is 142 cm³/mol. The number of amides is 1. The zero-order valence-electron chi connectivity index (χ0n) is 18.4. The van der Waals surface area contributed by atoms with Gasteiger partial charge in [0.15, 0.2) is 27.6 Å². The van der Waals surface area contributed by atoms with Gasteiger partial charge in [0.1, 0.15) is 0 Å². The van der Waals surface area contributed by atoms with Crippen molar-refractivity contribution in [2.75, 3.05) is 23.3 Å². The number of anilines is 2. The lowest BCUT2D eigenvalue weighted by atomic mass is 10.3. The van der Waals surface area contributed by atoms with Gasteiger partial charge in [-0.05, 0) is 50.2 Å². The maximum absolute atomic E-state index is 12.6. The number of nitrogens with one attached hydrogen (secondary N) is 1. The number of aromatic nitrogens is 1. The first-order valence-electron chi connectivity index (χ1n) is 9.87. The second kappa shape index (κ2) is 11.9. The molecule has 180 valence electrons. The van der Waals surface area contributed by atoms with Crippen molar-refractivity contribution in [1.29, 1.82) is 0 Å². The van der Waals surface area contributed by atoms with Crippen molar-refractivity contribution < 1.29 is 18.8 Å². The topological polar surface area (TPSA) is 91.8 Å². The van der Waals surface area contributed by atoms with E-state index in [9.17, 15) is 14.1 Å². The molecule has 1 amide bonds. The monoisotopic (exact) mass is 557 g/mol. The number of fused-ring (bicyclic) bond motifs is 1. The van der Waals surface area contributed by atoms with Crippen LogP contribution >= 0.6 is 45.9 Å². The van der Waals surface area contributed by atoms with Crippen molar-refractivity contribution in [3.63, 3.8) is 0 Å². The Morgan fingerprint density at radius 3 is 2.59 bits per heavy atom. The molecule has 34 heavy (non-hydrogen) atoms. The average molecular weight is 559 g/mol. The molecule has 0 spiro atoms. The number of nitrogens with zero attached hydrogens (tertiary/aromatic N) is 2. The van der Waals surface area contributed by atoms with Crippen LogP contribution in [0.25, 0.3) is 10.2 Å². The highest BCUT2D eigenvalue weighted by Crippen LogP contribution is 2.34. The van der Waals surface area contributed by atoms with Crippen molar-refractivity contribution in [3.05, 3.63) is 56.7 Å². The molecule has 1 atom stereocenters. The number of halogens is 2. The number of hydrogen-bond acceptors (Lipinski definition) is 7. The molecule has 2 aromatic carbocycles. The summed E-state index contributed by atoms with van der Waals surface area (Å²) in [6.07, 6.45) is 0.610. The fraction of sp³-hybridized carbons (Fsp3) is 0.182. The Bertz CT molecular complexity index is 1330. The van der Waals surface area contributed by atoms with E-state index in [0.717, 1.165) is 15.1 Å². The minimum Gasteiger partial charge on any atom is -0.504 e. The van der Waals surface area contributed by atoms with E-state index >= 15 is 0 Å². The minimum absolute atomic E-state index is 0.0262. The second-order valence-electron chi connectivity index (χ2n) is 6.70. The molecule has 12 heteroatoms. The van der Waals surface area contributed by atoms with Crippen molar-refractivity contribution in [2.45, 2.75) is 18.7 Å². The third-order valence-electron chi connectivity index (χ3n) is 4.42. The third-order valence-corrected chi connectivity index (χ3v) is 8.44. The van der Waals surface area contributed by atoms with Gasteiger partial charge in [-0.1, -0.05) is 34.5 Å². The number of aromatic hydroxyl groups is 1. The molecule has 0 bridgehead atoms. The van der Waals surface area contributed by atoms with Gasteiger partial charge >= 0.3 is 0 Å². The van der Waals surface area contributed by atoms with Crippen LogP contribution < -0.4 is 14.4 Å². The summed E-state index contributed by atoms with van der Waals surface area (Å²) in [4.78, 5) is 15.9. The first-order chi connectivity index (χ1) is 16.2. The van der Waals surface area contributed by atoms with E-state index < -0.39 is 11.0 Å². The number of benzene rings is 2. The molecule has 0 fully saturated rings. The van der Waals surface area contributed by atoms with Crippen LogP contribution in [0.3, 0.4) is 0 Å². The van der Waals surface area contributed by atoms with Crippen molar-refractivity contribution >= 4 is 84.3 Å². The molecule has 7 nitrogen and oxygen atoms in total. The Kier molecular flexibility index (Phi) is 9.15. The molecule has 0 saturated carbocycles. The normalized spacial score (nSPS) is 11.4. The van der Waals surface area contributed by atoms with Crippen molar-refractivity contribution in [3.8, 4) is 11.5 Å². The zero-order chi connectivity index (χ0) is 24.8. The van der Waals surface area contributed by atoms with E-state index in [2.05, 4.69) is 10.3 Å². The SMILES string of the molecule is CCOc1ccc(N(C)S(=O)c2cc(Cl)sc2C)cc1O.O=CNc1nc2cc(Cl)ccc2s1. The van der Waals surface area contributed by atoms with Gasteiger partial charge in [0.05, 0.1) is 31.7 Å². The highest BCUT2D eigenvalue weighted by atomic mass is 35.5. The van der Waals surface area contributed by atoms with Crippen molar-refractivity contribution in [1.82, 2.24) is 4.98 Å². The zero-order valence-corrected chi connectivity index (χ0v) is 22.3. The van der Waals surface area contributed by atoms with Crippen LogP contribution in [0.15, 0.2) is 47.4 Å². The van der Waals surface area contributed by atoms with Crippen molar-refractivity contribution in [2.24, 2.45) is 0 Å². The van der Waals surface area contributed by atoms with E-state index in [-0.39, 0.29) is 5.75 Å². The molecule has 0 aliphatic heterocycles. The third kappa shape index (κ3) is 6.39. The number of carbonyl (C=O) groups is 1. The molecule has 1 unspecified atom stereocenters. The Morgan fingerprint density at radius 2 is 1.97 bits per heavy atom. The molecule has 4 rings (SSSR count). The molecule has 0 radical (unpaired) electrons. The summed E-state index contributed by atoms with van der Waals surface area (Å²) in [5.74, 6) is 0.438. The van der Waals surface area contributed by atoms with Crippen LogP contribution in [0, 0.1) is 6.92 Å². The van der Waals surface area contributed by atoms with Gasteiger partial charge < -0.3 is 15.2 Å². The first-order valence-corrected chi connectivity index (χ1v) is 13.4. The van der Waals surface area contributed by atoms with Gasteiger partial charge in [0.25, 0.3) is 0 Å². The summed E-state index contributed by atoms with van der Waals surface area (Å²) in [7, 11) is 0.323. The van der Waals surface area contributed by atoms with E-state index in [1.165, 1.54) is 28.7 Å². The van der Waals surface area contributed by atoms with Crippen LogP contribution in [0.4, 0.5) is 10.8 Å². The number of phenolic OH excluding ortho intramolecular Hbond substituents is 1. The Labute approximate surface area is 217 Å². The first kappa shape index (κ1) is 26.2. The molecule has 0 aliphatic carbocycles. The minimum atomic E-state index is -1.38. The van der Waals surface area contributed by atoms with E-state index in [4.69, 9.17) is 27.9 Å². The molecule has 2 N–H and O–H groups in total. The number of thiazole rings is 1. The van der Waals surface area contributed by atoms with Gasteiger partial charge in [-0.2, -0.15) is 0 Å². The molecule has 2 heterocycles. The summed E-state index contributed by atoms with van der Waals surface area (Å²) in [5.41, 5.74) is 1.44. The summed E-state index contributed by atoms with van der Waals surface area (Å²) < 4.78 is 21.1. The largest absolute Gasteiger partial charge is 0.504 e. The van der Waals surface area contributed by atoms with Crippen LogP contribution in [-0.4, -0.2) is 34.4 Å². The summed E-state index contributed by atoms with van der Waals surface area (Å²) >= 11 is 14.5. The Hall–Kier alpha value is -2.37. The van der Waals surface area contributed by atoms with Gasteiger partial charge in [0.2, 0.25) is 6.41 Å². The number of carbonyl (C=O) groups excluding carboxylic acids is 1. The molecule has 4 aromatic rings. The number of ether oxygens (including phenoxy) is 1. The number of rotatable bonds is 7. The Balaban J connectivity index is 0.000000212. The van der Waals surface area contributed by atoms with Gasteiger partial charge in [-0.25, -0.2) is 9.19 Å². The second-order valence-corrected chi connectivity index (χ2v) is 11.5. The highest BCUT2D eigenvalue weighted by Gasteiger charge is 2.18. The van der Waals surface area contributed by atoms with Crippen LogP contribution in [0.2, 0.25) is 9.36 Å². The number of phenols is 1. The molecular weight excluding hydrogens is 537 g/mol. The summed E-state index contributed by atoms with van der Waals surface area (Å²) in [6.45, 7) is 4.20. The molecule has 0 aliphatic rings. The lowest BCUT2D eigenvalue weighted by molar-refractivity contribution is -0.105. The van der Waals surface area contributed by atoms with Gasteiger partial charge in [-0.3, -0.25) is 9.10 Å². The lowest BCUT2D eigenvalue weighted by Gasteiger charge is -2.19. The summed E-state index contributed by atoms with van der Waals surface area (Å²) in [5, 5.41) is 13.7.